The van der Waals surface area contributed by atoms with E-state index in [0.29, 0.717) is 22.2 Å². The number of carbonyl (C=O) groups is 1. The van der Waals surface area contributed by atoms with Gasteiger partial charge in [-0.25, -0.2) is 4.98 Å². The molecule has 28 heavy (non-hydrogen) atoms. The summed E-state index contributed by atoms with van der Waals surface area (Å²) in [5.74, 6) is -0.0687. The van der Waals surface area contributed by atoms with E-state index in [0.717, 1.165) is 14.5 Å². The van der Waals surface area contributed by atoms with Crippen molar-refractivity contribution in [1.29, 1.82) is 0 Å². The summed E-state index contributed by atoms with van der Waals surface area (Å²) < 4.78 is 3.11. The number of nitrogens with one attached hydrogen (secondary N) is 1. The van der Waals surface area contributed by atoms with Gasteiger partial charge in [0.1, 0.15) is 0 Å². The van der Waals surface area contributed by atoms with Crippen molar-refractivity contribution in [3.05, 3.63) is 79.1 Å². The lowest BCUT2D eigenvalue weighted by Crippen LogP contribution is -2.22. The molecule has 0 fully saturated rings. The zero-order chi connectivity index (χ0) is 20.3. The summed E-state index contributed by atoms with van der Waals surface area (Å²) in [6, 6.07) is 14.6. The molecule has 1 aromatic heterocycles. The fourth-order valence-corrected chi connectivity index (χ4v) is 5.09. The molecule has 8 heteroatoms. The molecule has 1 heterocycles. The van der Waals surface area contributed by atoms with E-state index in [9.17, 15) is 9.59 Å². The fraction of sp³-hybridized carbons (Fsp3) is 0.150. The number of rotatable bonds is 5. The van der Waals surface area contributed by atoms with Crippen molar-refractivity contribution in [2.24, 2.45) is 0 Å². The van der Waals surface area contributed by atoms with Crippen LogP contribution in [-0.2, 0) is 4.79 Å². The first-order chi connectivity index (χ1) is 13.3. The molecule has 2 aromatic carbocycles. The van der Waals surface area contributed by atoms with Crippen molar-refractivity contribution in [2.45, 2.75) is 19.0 Å². The molecule has 5 nitrogen and oxygen atoms in total. The Bertz CT molecular complexity index is 1060. The molecule has 144 valence electrons. The van der Waals surface area contributed by atoms with Crippen LogP contribution in [0.4, 0.5) is 5.69 Å². The van der Waals surface area contributed by atoms with Gasteiger partial charge < -0.3 is 5.32 Å². The van der Waals surface area contributed by atoms with Crippen LogP contribution < -0.4 is 10.9 Å². The molecule has 3 rings (SSSR count). The van der Waals surface area contributed by atoms with Gasteiger partial charge in [0, 0.05) is 20.7 Å². The Kier molecular flexibility index (Phi) is 6.74. The van der Waals surface area contributed by atoms with Gasteiger partial charge in [-0.05, 0) is 75.5 Å². The van der Waals surface area contributed by atoms with Crippen LogP contribution in [0.3, 0.4) is 0 Å². The lowest BCUT2D eigenvalue weighted by atomic mass is 10.2. The minimum absolute atomic E-state index is 0.121. The molecule has 3 aromatic rings. The number of anilines is 1. The van der Waals surface area contributed by atoms with Crippen molar-refractivity contribution in [1.82, 2.24) is 9.55 Å². The second-order valence-corrected chi connectivity index (χ2v) is 8.78. The Morgan fingerprint density at radius 1 is 1.11 bits per heavy atom. The molecule has 0 spiro atoms. The first-order valence-corrected chi connectivity index (χ1v) is 11.0. The maximum Gasteiger partial charge on any atom is 0.258 e. The third kappa shape index (κ3) is 4.92. The Labute approximate surface area is 183 Å². The van der Waals surface area contributed by atoms with Gasteiger partial charge in [0.15, 0.2) is 5.16 Å². The molecule has 0 bridgehead atoms. The maximum absolute atomic E-state index is 12.5. The molecule has 1 amide bonds. The number of hydrogen-bond acceptors (Lipinski definition) is 4. The highest BCUT2D eigenvalue weighted by Crippen LogP contribution is 2.32. The van der Waals surface area contributed by atoms with Gasteiger partial charge in [0.05, 0.1) is 17.1 Å². The lowest BCUT2D eigenvalue weighted by Gasteiger charge is -2.13. The Balaban J connectivity index is 1.82. The number of carbonyl (C=O) groups excluding carboxylic acids is 1. The third-order valence-electron chi connectivity index (χ3n) is 3.81. The highest BCUT2D eigenvalue weighted by molar-refractivity contribution is 9.11. The number of amides is 1. The van der Waals surface area contributed by atoms with Gasteiger partial charge in [-0.1, -0.05) is 30.0 Å². The Morgan fingerprint density at radius 3 is 2.39 bits per heavy atom. The van der Waals surface area contributed by atoms with Crippen molar-refractivity contribution in [3.63, 3.8) is 0 Å². The lowest BCUT2D eigenvalue weighted by molar-refractivity contribution is -0.113. The zero-order valence-corrected chi connectivity index (χ0v) is 19.2. The summed E-state index contributed by atoms with van der Waals surface area (Å²) in [6.07, 6.45) is 0. The molecular weight excluding hydrogens is 506 g/mol. The monoisotopic (exact) mass is 521 g/mol. The summed E-state index contributed by atoms with van der Waals surface area (Å²) in [5.41, 5.74) is 2.90. The van der Waals surface area contributed by atoms with Crippen molar-refractivity contribution >= 4 is 55.2 Å². The van der Waals surface area contributed by atoms with E-state index >= 15 is 0 Å². The van der Waals surface area contributed by atoms with E-state index in [1.54, 1.807) is 6.92 Å². The second kappa shape index (κ2) is 9.07. The standard InChI is InChI=1S/C20H17Br2N3O2S/c1-12-8-15(21)19(16(22)9-12)24-17(26)11-28-20-23-13(2)10-18(27)25(20)14-6-4-3-5-7-14/h3-10H,11H2,1-2H3,(H,24,26). The van der Waals surface area contributed by atoms with E-state index in [1.807, 2.05) is 49.4 Å². The SMILES string of the molecule is Cc1cc(Br)c(NC(=O)CSc2nc(C)cc(=O)n2-c2ccccc2)c(Br)c1. The van der Waals surface area contributed by atoms with Crippen LogP contribution in [0.1, 0.15) is 11.3 Å². The summed E-state index contributed by atoms with van der Waals surface area (Å²) in [4.78, 5) is 29.5. The van der Waals surface area contributed by atoms with Gasteiger partial charge in [-0.3, -0.25) is 14.2 Å². The number of thioether (sulfide) groups is 1. The highest BCUT2D eigenvalue weighted by atomic mass is 79.9. The van der Waals surface area contributed by atoms with Crippen LogP contribution in [0.5, 0.6) is 0 Å². The number of benzene rings is 2. The molecule has 0 aliphatic rings. The van der Waals surface area contributed by atoms with Crippen LogP contribution >= 0.6 is 43.6 Å². The molecule has 0 radical (unpaired) electrons. The number of halogens is 2. The average Bonchev–Trinajstić information content (AvgIpc) is 2.63. The normalized spacial score (nSPS) is 10.7. The molecule has 0 atom stereocenters. The summed E-state index contributed by atoms with van der Waals surface area (Å²) in [7, 11) is 0. The fourth-order valence-electron chi connectivity index (χ4n) is 2.61. The molecule has 0 aliphatic heterocycles. The number of para-hydroxylation sites is 1. The minimum Gasteiger partial charge on any atom is -0.323 e. The topological polar surface area (TPSA) is 64.0 Å². The van der Waals surface area contributed by atoms with Crippen LogP contribution in [0.25, 0.3) is 5.69 Å². The first-order valence-electron chi connectivity index (χ1n) is 8.39. The van der Waals surface area contributed by atoms with Crippen LogP contribution in [-0.4, -0.2) is 21.2 Å². The summed E-state index contributed by atoms with van der Waals surface area (Å²) >= 11 is 8.17. The van der Waals surface area contributed by atoms with Gasteiger partial charge in [0.25, 0.3) is 5.56 Å². The van der Waals surface area contributed by atoms with E-state index < -0.39 is 0 Å². The minimum atomic E-state index is -0.189. The van der Waals surface area contributed by atoms with Gasteiger partial charge >= 0.3 is 0 Å². The quantitative estimate of drug-likeness (QED) is 0.374. The predicted molar refractivity (Wildman–Crippen MR) is 121 cm³/mol. The first kappa shape index (κ1) is 20.8. The van der Waals surface area contributed by atoms with Crippen LogP contribution in [0.2, 0.25) is 0 Å². The van der Waals surface area contributed by atoms with Crippen molar-refractivity contribution in [3.8, 4) is 5.69 Å². The van der Waals surface area contributed by atoms with E-state index in [-0.39, 0.29) is 17.2 Å². The molecule has 0 unspecified atom stereocenters. The molecule has 0 saturated carbocycles. The van der Waals surface area contributed by atoms with E-state index in [4.69, 9.17) is 0 Å². The van der Waals surface area contributed by atoms with Crippen molar-refractivity contribution < 1.29 is 4.79 Å². The molecular formula is C20H17Br2N3O2S. The van der Waals surface area contributed by atoms with Crippen LogP contribution in [0, 0.1) is 13.8 Å². The van der Waals surface area contributed by atoms with Gasteiger partial charge in [-0.15, -0.1) is 0 Å². The van der Waals surface area contributed by atoms with Crippen LogP contribution in [0.15, 0.2) is 67.4 Å². The third-order valence-corrected chi connectivity index (χ3v) is 6.00. The number of aryl methyl sites for hydroxylation is 2. The second-order valence-electron chi connectivity index (χ2n) is 6.13. The van der Waals surface area contributed by atoms with Gasteiger partial charge in [0.2, 0.25) is 5.91 Å². The van der Waals surface area contributed by atoms with E-state index in [1.165, 1.54) is 22.4 Å². The number of hydrogen-bond donors (Lipinski definition) is 1. The highest BCUT2D eigenvalue weighted by Gasteiger charge is 2.14. The molecule has 0 aliphatic carbocycles. The summed E-state index contributed by atoms with van der Waals surface area (Å²) in [6.45, 7) is 3.74. The smallest absolute Gasteiger partial charge is 0.258 e. The largest absolute Gasteiger partial charge is 0.323 e. The predicted octanol–water partition coefficient (Wildman–Crippen LogP) is 5.11. The molecule has 0 saturated heterocycles. The number of nitrogens with zero attached hydrogens (tertiary/aromatic N) is 2. The van der Waals surface area contributed by atoms with E-state index in [2.05, 4.69) is 42.2 Å². The Morgan fingerprint density at radius 2 is 1.75 bits per heavy atom. The maximum atomic E-state index is 12.5. The average molecular weight is 523 g/mol. The Hall–Kier alpha value is -1.90. The summed E-state index contributed by atoms with van der Waals surface area (Å²) in [5, 5.41) is 3.38. The van der Waals surface area contributed by atoms with Crippen molar-refractivity contribution in [2.75, 3.05) is 11.1 Å². The number of aromatic nitrogens is 2. The van der Waals surface area contributed by atoms with Gasteiger partial charge in [-0.2, -0.15) is 0 Å². The molecule has 1 N–H and O–H groups in total. The zero-order valence-electron chi connectivity index (χ0n) is 15.2.